The zero-order valence-electron chi connectivity index (χ0n) is 8.61. The van der Waals surface area contributed by atoms with E-state index in [-0.39, 0.29) is 19.1 Å². The second-order valence-corrected chi connectivity index (χ2v) is 4.25. The largest absolute Gasteiger partial charge is 0.497 e. The van der Waals surface area contributed by atoms with Crippen molar-refractivity contribution in [3.05, 3.63) is 28.2 Å². The van der Waals surface area contributed by atoms with Crippen LogP contribution < -0.4 is 4.74 Å². The molecule has 15 heavy (non-hydrogen) atoms. The van der Waals surface area contributed by atoms with Crippen LogP contribution in [0.1, 0.15) is 5.56 Å². The molecular formula is C11H15BrO3. The summed E-state index contributed by atoms with van der Waals surface area (Å²) in [4.78, 5) is 0. The van der Waals surface area contributed by atoms with Crippen LogP contribution in [0.5, 0.6) is 5.75 Å². The van der Waals surface area contributed by atoms with E-state index in [0.717, 1.165) is 15.8 Å². The molecule has 0 aliphatic heterocycles. The van der Waals surface area contributed by atoms with E-state index in [0.29, 0.717) is 6.42 Å². The van der Waals surface area contributed by atoms with Crippen LogP contribution in [0.4, 0.5) is 0 Å². The minimum atomic E-state index is -0.102. The molecule has 0 spiro atoms. The monoisotopic (exact) mass is 274 g/mol. The van der Waals surface area contributed by atoms with Crippen molar-refractivity contribution >= 4 is 15.9 Å². The Morgan fingerprint density at radius 2 is 2.00 bits per heavy atom. The zero-order chi connectivity index (χ0) is 11.3. The van der Waals surface area contributed by atoms with Crippen LogP contribution in [-0.2, 0) is 6.42 Å². The summed E-state index contributed by atoms with van der Waals surface area (Å²) in [6.07, 6.45) is 0.650. The summed E-state index contributed by atoms with van der Waals surface area (Å²) in [5, 5.41) is 18.0. The van der Waals surface area contributed by atoms with Crippen LogP contribution in [0.3, 0.4) is 0 Å². The molecule has 0 aliphatic carbocycles. The van der Waals surface area contributed by atoms with E-state index in [2.05, 4.69) is 15.9 Å². The molecule has 1 aromatic rings. The van der Waals surface area contributed by atoms with E-state index < -0.39 is 0 Å². The summed E-state index contributed by atoms with van der Waals surface area (Å²) in [5.41, 5.74) is 1.06. The average Bonchev–Trinajstić information content (AvgIpc) is 2.27. The van der Waals surface area contributed by atoms with Gasteiger partial charge in [0.2, 0.25) is 0 Å². The number of methoxy groups -OCH3 is 1. The number of hydrogen-bond acceptors (Lipinski definition) is 3. The van der Waals surface area contributed by atoms with E-state index >= 15 is 0 Å². The second kappa shape index (κ2) is 6.10. The average molecular weight is 275 g/mol. The fourth-order valence-electron chi connectivity index (χ4n) is 1.32. The quantitative estimate of drug-likeness (QED) is 0.858. The van der Waals surface area contributed by atoms with Gasteiger partial charge in [-0.3, -0.25) is 0 Å². The first-order chi connectivity index (χ1) is 7.21. The van der Waals surface area contributed by atoms with Gasteiger partial charge >= 0.3 is 0 Å². The van der Waals surface area contributed by atoms with Crippen molar-refractivity contribution in [2.75, 3.05) is 20.3 Å². The molecule has 0 aromatic heterocycles. The van der Waals surface area contributed by atoms with Gasteiger partial charge in [0.25, 0.3) is 0 Å². The van der Waals surface area contributed by atoms with Gasteiger partial charge in [-0.2, -0.15) is 0 Å². The number of hydrogen-bond donors (Lipinski definition) is 2. The second-order valence-electron chi connectivity index (χ2n) is 3.39. The van der Waals surface area contributed by atoms with Crippen LogP contribution in [-0.4, -0.2) is 30.5 Å². The Hall–Kier alpha value is -0.580. The highest BCUT2D eigenvalue weighted by Gasteiger charge is 2.10. The molecule has 0 fully saturated rings. The van der Waals surface area contributed by atoms with Gasteiger partial charge in [-0.25, -0.2) is 0 Å². The molecule has 0 unspecified atom stereocenters. The van der Waals surface area contributed by atoms with Crippen LogP contribution in [0.15, 0.2) is 22.7 Å². The van der Waals surface area contributed by atoms with Crippen molar-refractivity contribution < 1.29 is 14.9 Å². The van der Waals surface area contributed by atoms with Crippen LogP contribution in [0, 0.1) is 5.92 Å². The van der Waals surface area contributed by atoms with E-state index in [1.165, 1.54) is 0 Å². The van der Waals surface area contributed by atoms with Gasteiger partial charge in [0, 0.05) is 23.6 Å². The summed E-state index contributed by atoms with van der Waals surface area (Å²) in [6.45, 7) is -0.00998. The molecule has 0 amide bonds. The standard InChI is InChI=1S/C11H15BrO3/c1-15-10-3-2-9(11(12)5-10)4-8(6-13)7-14/h2-3,5,8,13-14H,4,6-7H2,1H3. The lowest BCUT2D eigenvalue weighted by molar-refractivity contribution is 0.150. The van der Waals surface area contributed by atoms with E-state index in [1.807, 2.05) is 18.2 Å². The van der Waals surface area contributed by atoms with Crippen LogP contribution in [0.2, 0.25) is 0 Å². The van der Waals surface area contributed by atoms with Gasteiger partial charge in [-0.05, 0) is 24.1 Å². The molecule has 2 N–H and O–H groups in total. The minimum Gasteiger partial charge on any atom is -0.497 e. The summed E-state index contributed by atoms with van der Waals surface area (Å²) in [6, 6.07) is 5.67. The Morgan fingerprint density at radius 1 is 1.33 bits per heavy atom. The van der Waals surface area contributed by atoms with Crippen LogP contribution >= 0.6 is 15.9 Å². The van der Waals surface area contributed by atoms with E-state index in [1.54, 1.807) is 7.11 Å². The van der Waals surface area contributed by atoms with Crippen molar-refractivity contribution in [2.24, 2.45) is 5.92 Å². The molecule has 0 bridgehead atoms. The van der Waals surface area contributed by atoms with Crippen LogP contribution in [0.25, 0.3) is 0 Å². The highest BCUT2D eigenvalue weighted by molar-refractivity contribution is 9.10. The third kappa shape index (κ3) is 3.48. The number of ether oxygens (including phenoxy) is 1. The molecule has 1 aromatic carbocycles. The van der Waals surface area contributed by atoms with Gasteiger partial charge in [0.05, 0.1) is 7.11 Å². The fourth-order valence-corrected chi connectivity index (χ4v) is 1.84. The summed E-state index contributed by atoms with van der Waals surface area (Å²) < 4.78 is 6.02. The van der Waals surface area contributed by atoms with Crippen molar-refractivity contribution in [1.82, 2.24) is 0 Å². The maximum absolute atomic E-state index is 8.98. The molecule has 0 heterocycles. The summed E-state index contributed by atoms with van der Waals surface area (Å²) in [7, 11) is 1.62. The third-order valence-corrected chi connectivity index (χ3v) is 3.02. The normalized spacial score (nSPS) is 10.7. The topological polar surface area (TPSA) is 49.7 Å². The first-order valence-electron chi connectivity index (χ1n) is 4.75. The SMILES string of the molecule is COc1ccc(CC(CO)CO)c(Br)c1. The van der Waals surface area contributed by atoms with Gasteiger partial charge in [0.1, 0.15) is 5.75 Å². The molecule has 3 nitrogen and oxygen atoms in total. The van der Waals surface area contributed by atoms with Crippen molar-refractivity contribution in [3.8, 4) is 5.75 Å². The van der Waals surface area contributed by atoms with Gasteiger partial charge < -0.3 is 14.9 Å². The lowest BCUT2D eigenvalue weighted by atomic mass is 10.0. The van der Waals surface area contributed by atoms with Gasteiger partial charge in [-0.15, -0.1) is 0 Å². The molecular weight excluding hydrogens is 260 g/mol. The van der Waals surface area contributed by atoms with Gasteiger partial charge in [-0.1, -0.05) is 22.0 Å². The maximum atomic E-state index is 8.98. The Labute approximate surface area is 97.8 Å². The molecule has 0 saturated carbocycles. The smallest absolute Gasteiger partial charge is 0.120 e. The summed E-state index contributed by atoms with van der Waals surface area (Å²) in [5.74, 6) is 0.685. The molecule has 1 rings (SSSR count). The maximum Gasteiger partial charge on any atom is 0.120 e. The molecule has 4 heteroatoms. The molecule has 0 radical (unpaired) electrons. The fraction of sp³-hybridized carbons (Fsp3) is 0.455. The predicted octanol–water partition coefficient (Wildman–Crippen LogP) is 1.60. The number of aliphatic hydroxyl groups excluding tert-OH is 2. The first kappa shape index (κ1) is 12.5. The van der Waals surface area contributed by atoms with Crippen molar-refractivity contribution in [3.63, 3.8) is 0 Å². The number of aliphatic hydroxyl groups is 2. The Morgan fingerprint density at radius 3 is 2.47 bits per heavy atom. The molecule has 0 aliphatic rings. The highest BCUT2D eigenvalue weighted by Crippen LogP contribution is 2.24. The predicted molar refractivity (Wildman–Crippen MR) is 62.1 cm³/mol. The zero-order valence-corrected chi connectivity index (χ0v) is 10.2. The van der Waals surface area contributed by atoms with E-state index in [9.17, 15) is 0 Å². The third-order valence-electron chi connectivity index (χ3n) is 2.29. The van der Waals surface area contributed by atoms with E-state index in [4.69, 9.17) is 14.9 Å². The number of rotatable bonds is 5. The first-order valence-corrected chi connectivity index (χ1v) is 5.54. The highest BCUT2D eigenvalue weighted by atomic mass is 79.9. The molecule has 84 valence electrons. The Bertz CT molecular complexity index is 311. The number of benzene rings is 1. The molecule has 0 saturated heterocycles. The Kier molecular flexibility index (Phi) is 5.08. The Balaban J connectivity index is 2.77. The van der Waals surface area contributed by atoms with Crippen molar-refractivity contribution in [2.45, 2.75) is 6.42 Å². The van der Waals surface area contributed by atoms with Gasteiger partial charge in [0.15, 0.2) is 0 Å². The lowest BCUT2D eigenvalue weighted by Gasteiger charge is -2.12. The minimum absolute atomic E-state index is 0.00499. The lowest BCUT2D eigenvalue weighted by Crippen LogP contribution is -2.14. The number of halogens is 1. The summed E-state index contributed by atoms with van der Waals surface area (Å²) >= 11 is 3.43. The molecule has 0 atom stereocenters. The van der Waals surface area contributed by atoms with Crippen molar-refractivity contribution in [1.29, 1.82) is 0 Å².